The second-order valence-corrected chi connectivity index (χ2v) is 7.98. The van der Waals surface area contributed by atoms with Crippen LogP contribution in [0.15, 0.2) is 24.3 Å². The third-order valence-electron chi connectivity index (χ3n) is 5.13. The Hall–Kier alpha value is -1.73. The second kappa shape index (κ2) is 8.77. The number of likely N-dealkylation sites (tertiary alicyclic amines) is 1. The number of nitrogens with zero attached hydrogens (tertiary/aromatic N) is 4. The Balaban J connectivity index is 1.51. The number of aryl methyl sites for hydroxylation is 1. The molecule has 0 bridgehead atoms. The molecule has 0 radical (unpaired) electrons. The molecule has 2 aromatic rings. The molecule has 1 aliphatic heterocycles. The lowest BCUT2D eigenvalue weighted by atomic mass is 10.1. The van der Waals surface area contributed by atoms with Crippen LogP contribution in [0.1, 0.15) is 18.7 Å². The number of benzene rings is 1. The fourth-order valence-electron chi connectivity index (χ4n) is 3.43. The molecule has 0 saturated carbocycles. The van der Waals surface area contributed by atoms with Gasteiger partial charge in [-0.15, -0.1) is 0 Å². The average Bonchev–Trinajstić information content (AvgIpc) is 2.97. The van der Waals surface area contributed by atoms with E-state index in [0.717, 1.165) is 49.3 Å². The van der Waals surface area contributed by atoms with Gasteiger partial charge in [-0.05, 0) is 31.2 Å². The smallest absolute Gasteiger partial charge is 0.317 e. The van der Waals surface area contributed by atoms with Crippen molar-refractivity contribution < 1.29 is 4.79 Å². The van der Waals surface area contributed by atoms with E-state index in [0.29, 0.717) is 6.54 Å². The van der Waals surface area contributed by atoms with Gasteiger partial charge in [-0.2, -0.15) is 11.8 Å². The molecule has 1 aromatic carbocycles. The Kier molecular flexibility index (Phi) is 6.43. The Morgan fingerprint density at radius 1 is 1.35 bits per heavy atom. The maximum atomic E-state index is 12.6. The second-order valence-electron chi connectivity index (χ2n) is 6.99. The van der Waals surface area contributed by atoms with Crippen LogP contribution in [0, 0.1) is 0 Å². The predicted octanol–water partition coefficient (Wildman–Crippen LogP) is 2.54. The molecule has 1 N–H and O–H groups in total. The van der Waals surface area contributed by atoms with Crippen LogP contribution in [0.3, 0.4) is 0 Å². The average molecular weight is 376 g/mol. The van der Waals surface area contributed by atoms with E-state index < -0.39 is 0 Å². The van der Waals surface area contributed by atoms with Crippen molar-refractivity contribution in [3.63, 3.8) is 0 Å². The number of aromatic nitrogens is 2. The summed E-state index contributed by atoms with van der Waals surface area (Å²) in [7, 11) is 3.84. The Labute approximate surface area is 159 Å². The number of imidazole rings is 1. The fraction of sp³-hybridized carbons (Fsp3) is 0.579. The van der Waals surface area contributed by atoms with Gasteiger partial charge in [-0.3, -0.25) is 0 Å². The van der Waals surface area contributed by atoms with Crippen molar-refractivity contribution in [3.05, 3.63) is 30.1 Å². The highest BCUT2D eigenvalue weighted by Crippen LogP contribution is 2.16. The molecule has 0 unspecified atom stereocenters. The number of rotatable bonds is 6. The van der Waals surface area contributed by atoms with Gasteiger partial charge in [0.1, 0.15) is 5.82 Å². The molecule has 0 spiro atoms. The number of carbonyl (C=O) groups is 1. The Morgan fingerprint density at radius 2 is 2.08 bits per heavy atom. The van der Waals surface area contributed by atoms with Gasteiger partial charge in [0, 0.05) is 45.5 Å². The van der Waals surface area contributed by atoms with Crippen LogP contribution in [0.4, 0.5) is 4.79 Å². The first-order valence-corrected chi connectivity index (χ1v) is 10.6. The largest absolute Gasteiger partial charge is 0.335 e. The number of nitrogens with one attached hydrogen (secondary N) is 1. The van der Waals surface area contributed by atoms with Gasteiger partial charge >= 0.3 is 6.03 Å². The molecule has 26 heavy (non-hydrogen) atoms. The number of fused-ring (bicyclic) bond motifs is 1. The first-order chi connectivity index (χ1) is 12.6. The zero-order valence-corrected chi connectivity index (χ0v) is 16.8. The highest BCUT2D eigenvalue weighted by molar-refractivity contribution is 7.98. The summed E-state index contributed by atoms with van der Waals surface area (Å²) in [5, 5.41) is 3.19. The lowest BCUT2D eigenvalue weighted by molar-refractivity contribution is 0.180. The molecule has 1 fully saturated rings. The standard InChI is InChI=1S/C19H29N5OS/c1-22(14-18-21-16-6-4-5-7-17(16)23(18)2)19(25)20-15-8-10-24(11-9-15)12-13-26-3/h4-7,15H,8-14H2,1-3H3,(H,20,25). The molecular weight excluding hydrogens is 346 g/mol. The summed E-state index contributed by atoms with van der Waals surface area (Å²) in [6.07, 6.45) is 4.20. The van der Waals surface area contributed by atoms with E-state index in [1.54, 1.807) is 4.90 Å². The number of urea groups is 1. The minimum atomic E-state index is -0.0142. The van der Waals surface area contributed by atoms with Crippen molar-refractivity contribution in [1.29, 1.82) is 0 Å². The quantitative estimate of drug-likeness (QED) is 0.843. The highest BCUT2D eigenvalue weighted by atomic mass is 32.2. The number of hydrogen-bond donors (Lipinski definition) is 1. The number of piperidine rings is 1. The molecule has 6 nitrogen and oxygen atoms in total. The minimum absolute atomic E-state index is 0.0142. The van der Waals surface area contributed by atoms with E-state index in [1.165, 1.54) is 5.75 Å². The van der Waals surface area contributed by atoms with Crippen LogP contribution < -0.4 is 5.32 Å². The highest BCUT2D eigenvalue weighted by Gasteiger charge is 2.22. The number of hydrogen-bond acceptors (Lipinski definition) is 4. The Bertz CT molecular complexity index is 739. The summed E-state index contributed by atoms with van der Waals surface area (Å²) >= 11 is 1.89. The normalized spacial score (nSPS) is 16.1. The van der Waals surface area contributed by atoms with E-state index in [1.807, 2.05) is 44.1 Å². The predicted molar refractivity (Wildman–Crippen MR) is 109 cm³/mol. The molecule has 1 aliphatic rings. The third-order valence-corrected chi connectivity index (χ3v) is 5.72. The van der Waals surface area contributed by atoms with Crippen LogP contribution in [-0.2, 0) is 13.6 Å². The maximum Gasteiger partial charge on any atom is 0.317 e. The van der Waals surface area contributed by atoms with Gasteiger partial charge in [0.2, 0.25) is 0 Å². The molecule has 1 saturated heterocycles. The van der Waals surface area contributed by atoms with Gasteiger partial charge in [-0.1, -0.05) is 12.1 Å². The Morgan fingerprint density at radius 3 is 2.77 bits per heavy atom. The number of thioether (sulfide) groups is 1. The van der Waals surface area contributed by atoms with Crippen LogP contribution in [0.2, 0.25) is 0 Å². The lowest BCUT2D eigenvalue weighted by Crippen LogP contribution is -2.48. The summed E-state index contributed by atoms with van der Waals surface area (Å²) in [5.41, 5.74) is 2.06. The fourth-order valence-corrected chi connectivity index (χ4v) is 3.87. The van der Waals surface area contributed by atoms with Crippen molar-refractivity contribution in [1.82, 2.24) is 24.7 Å². The summed E-state index contributed by atoms with van der Waals surface area (Å²) in [5.74, 6) is 2.08. The summed E-state index contributed by atoms with van der Waals surface area (Å²) < 4.78 is 2.06. The molecular formula is C19H29N5OS. The van der Waals surface area contributed by atoms with Crippen molar-refractivity contribution in [2.45, 2.75) is 25.4 Å². The van der Waals surface area contributed by atoms with Crippen LogP contribution in [-0.4, -0.2) is 70.1 Å². The van der Waals surface area contributed by atoms with E-state index in [-0.39, 0.29) is 12.1 Å². The zero-order chi connectivity index (χ0) is 18.5. The lowest BCUT2D eigenvalue weighted by Gasteiger charge is -2.33. The monoisotopic (exact) mass is 375 g/mol. The van der Waals surface area contributed by atoms with Crippen molar-refractivity contribution >= 4 is 28.8 Å². The number of amides is 2. The molecule has 0 aliphatic carbocycles. The number of para-hydroxylation sites is 2. The molecule has 2 heterocycles. The first kappa shape index (κ1) is 19.0. The molecule has 0 atom stereocenters. The molecule has 2 amide bonds. The molecule has 1 aromatic heterocycles. The summed E-state index contributed by atoms with van der Waals surface area (Å²) in [4.78, 5) is 21.4. The van der Waals surface area contributed by atoms with Gasteiger partial charge in [0.05, 0.1) is 17.6 Å². The van der Waals surface area contributed by atoms with Crippen molar-refractivity contribution in [2.24, 2.45) is 7.05 Å². The maximum absolute atomic E-state index is 12.6. The van der Waals surface area contributed by atoms with Gasteiger partial charge < -0.3 is 19.7 Å². The molecule has 3 rings (SSSR count). The SMILES string of the molecule is CSCCN1CCC(NC(=O)N(C)Cc2nc3ccccc3n2C)CC1. The van der Waals surface area contributed by atoms with Crippen molar-refractivity contribution in [2.75, 3.05) is 38.7 Å². The number of carbonyl (C=O) groups excluding carboxylic acids is 1. The van der Waals surface area contributed by atoms with Crippen molar-refractivity contribution in [3.8, 4) is 0 Å². The van der Waals surface area contributed by atoms with E-state index >= 15 is 0 Å². The van der Waals surface area contributed by atoms with E-state index in [2.05, 4.69) is 32.1 Å². The molecule has 7 heteroatoms. The van der Waals surface area contributed by atoms with Crippen LogP contribution >= 0.6 is 11.8 Å². The minimum Gasteiger partial charge on any atom is -0.335 e. The summed E-state index contributed by atoms with van der Waals surface area (Å²) in [6, 6.07) is 8.31. The van der Waals surface area contributed by atoms with Gasteiger partial charge in [0.25, 0.3) is 0 Å². The van der Waals surface area contributed by atoms with E-state index in [9.17, 15) is 4.79 Å². The van der Waals surface area contributed by atoms with Gasteiger partial charge in [0.15, 0.2) is 0 Å². The first-order valence-electron chi connectivity index (χ1n) is 9.21. The van der Waals surface area contributed by atoms with E-state index in [4.69, 9.17) is 0 Å². The third kappa shape index (κ3) is 4.51. The van der Waals surface area contributed by atoms with Crippen LogP contribution in [0.5, 0.6) is 0 Å². The zero-order valence-electron chi connectivity index (χ0n) is 15.9. The van der Waals surface area contributed by atoms with Gasteiger partial charge in [-0.25, -0.2) is 9.78 Å². The topological polar surface area (TPSA) is 53.4 Å². The molecule has 142 valence electrons. The summed E-state index contributed by atoms with van der Waals surface area (Å²) in [6.45, 7) is 3.79. The van der Waals surface area contributed by atoms with Crippen LogP contribution in [0.25, 0.3) is 11.0 Å².